The average Bonchev–Trinajstić information content (AvgIpc) is 2.52. The Bertz CT molecular complexity index is 694. The second-order valence-corrected chi connectivity index (χ2v) is 10.0. The minimum atomic E-state index is -0.127. The number of hydrogen-bond donors (Lipinski definition) is 0. The molecule has 25 heavy (non-hydrogen) atoms. The molecule has 0 fully saturated rings. The van der Waals surface area contributed by atoms with Crippen LogP contribution in [0.2, 0.25) is 10.0 Å². The van der Waals surface area contributed by atoms with Gasteiger partial charge in [0, 0.05) is 19.8 Å². The normalized spacial score (nSPS) is 12.5. The first-order valence-corrected chi connectivity index (χ1v) is 10.4. The molecule has 2 rings (SSSR count). The lowest BCUT2D eigenvalue weighted by Gasteiger charge is -2.30. The van der Waals surface area contributed by atoms with Crippen LogP contribution < -0.4 is 0 Å². The molecule has 0 N–H and O–H groups in total. The van der Waals surface area contributed by atoms with E-state index >= 15 is 0 Å². The Hall–Kier alpha value is -0.0600. The van der Waals surface area contributed by atoms with E-state index in [4.69, 9.17) is 27.9 Å². The van der Waals surface area contributed by atoms with Gasteiger partial charge in [0.2, 0.25) is 0 Å². The second-order valence-electron chi connectivity index (χ2n) is 7.52. The third-order valence-electron chi connectivity index (χ3n) is 4.33. The van der Waals surface area contributed by atoms with Crippen molar-refractivity contribution in [2.24, 2.45) is 0 Å². The van der Waals surface area contributed by atoms with E-state index in [9.17, 15) is 0 Å². The molecule has 2 aromatic carbocycles. The van der Waals surface area contributed by atoms with E-state index in [1.54, 1.807) is 0 Å². The maximum absolute atomic E-state index is 6.23. The fraction of sp³-hybridized carbons (Fsp3) is 0.400. The highest BCUT2D eigenvalue weighted by molar-refractivity contribution is 9.10. The Morgan fingerprint density at radius 3 is 1.44 bits per heavy atom. The van der Waals surface area contributed by atoms with Gasteiger partial charge in [0.25, 0.3) is 0 Å². The van der Waals surface area contributed by atoms with Crippen LogP contribution in [-0.4, -0.2) is 13.2 Å². The Kier molecular flexibility index (Phi) is 7.06. The van der Waals surface area contributed by atoms with Crippen LogP contribution in [0.5, 0.6) is 0 Å². The zero-order valence-corrected chi connectivity index (χ0v) is 19.5. The van der Waals surface area contributed by atoms with Gasteiger partial charge in [-0.1, -0.05) is 63.0 Å². The minimum Gasteiger partial charge on any atom is -0.380 e. The quantitative estimate of drug-likeness (QED) is 0.387. The van der Waals surface area contributed by atoms with Gasteiger partial charge in [-0.3, -0.25) is 0 Å². The first kappa shape index (κ1) is 21.2. The smallest absolute Gasteiger partial charge is 0.0558 e. The topological polar surface area (TPSA) is 9.23 Å². The fourth-order valence-corrected chi connectivity index (χ4v) is 3.42. The van der Waals surface area contributed by atoms with Crippen LogP contribution in [0.4, 0.5) is 0 Å². The van der Waals surface area contributed by atoms with Crippen molar-refractivity contribution < 1.29 is 4.74 Å². The molecule has 5 heteroatoms. The van der Waals surface area contributed by atoms with Crippen LogP contribution in [0.1, 0.15) is 38.8 Å². The molecule has 0 atom stereocenters. The molecule has 0 aliphatic carbocycles. The molecule has 2 aromatic rings. The van der Waals surface area contributed by atoms with Crippen molar-refractivity contribution in [3.8, 4) is 0 Å². The molecule has 0 saturated carbocycles. The van der Waals surface area contributed by atoms with Crippen molar-refractivity contribution >= 4 is 55.1 Å². The summed E-state index contributed by atoms with van der Waals surface area (Å²) >= 11 is 19.3. The Morgan fingerprint density at radius 1 is 0.760 bits per heavy atom. The van der Waals surface area contributed by atoms with Gasteiger partial charge in [0.1, 0.15) is 0 Å². The van der Waals surface area contributed by atoms with Gasteiger partial charge in [0.05, 0.1) is 23.3 Å². The number of ether oxygens (including phenoxy) is 1. The summed E-state index contributed by atoms with van der Waals surface area (Å²) in [4.78, 5) is 0. The van der Waals surface area contributed by atoms with Crippen LogP contribution in [0, 0.1) is 0 Å². The Morgan fingerprint density at radius 2 is 1.12 bits per heavy atom. The summed E-state index contributed by atoms with van der Waals surface area (Å²) in [6.45, 7) is 9.87. The summed E-state index contributed by atoms with van der Waals surface area (Å²) in [5.41, 5.74) is 2.06. The molecule has 0 bridgehead atoms. The highest BCUT2D eigenvalue weighted by Gasteiger charge is 2.26. The van der Waals surface area contributed by atoms with Crippen LogP contribution in [-0.2, 0) is 15.6 Å². The number of benzene rings is 2. The number of halogens is 4. The van der Waals surface area contributed by atoms with E-state index in [0.29, 0.717) is 13.2 Å². The highest BCUT2D eigenvalue weighted by atomic mass is 79.9. The zero-order chi connectivity index (χ0) is 18.8. The molecule has 0 spiro atoms. The van der Waals surface area contributed by atoms with Gasteiger partial charge in [-0.2, -0.15) is 0 Å². The Balaban J connectivity index is 2.04. The minimum absolute atomic E-state index is 0.127. The third kappa shape index (κ3) is 5.46. The SMILES string of the molecule is CC(C)(COCC(C)(C)c1ccc(Br)c(Cl)c1)c1ccc(Br)c(Cl)c1. The first-order chi connectivity index (χ1) is 11.5. The van der Waals surface area contributed by atoms with E-state index in [0.717, 1.165) is 30.1 Å². The van der Waals surface area contributed by atoms with Gasteiger partial charge in [-0.05, 0) is 67.3 Å². The molecule has 0 saturated heterocycles. The predicted molar refractivity (Wildman–Crippen MR) is 115 cm³/mol. The lowest BCUT2D eigenvalue weighted by molar-refractivity contribution is 0.0634. The van der Waals surface area contributed by atoms with Crippen molar-refractivity contribution in [1.29, 1.82) is 0 Å². The van der Waals surface area contributed by atoms with Crippen molar-refractivity contribution in [2.45, 2.75) is 38.5 Å². The number of rotatable bonds is 6. The molecular formula is C20H22Br2Cl2O. The largest absolute Gasteiger partial charge is 0.380 e. The molecule has 0 unspecified atom stereocenters. The molecule has 0 aliphatic heterocycles. The Labute approximate surface area is 177 Å². The molecule has 1 nitrogen and oxygen atoms in total. The van der Waals surface area contributed by atoms with E-state index in [1.165, 1.54) is 0 Å². The van der Waals surface area contributed by atoms with E-state index < -0.39 is 0 Å². The summed E-state index contributed by atoms with van der Waals surface area (Å²) in [7, 11) is 0. The summed E-state index contributed by atoms with van der Waals surface area (Å²) in [5.74, 6) is 0. The number of hydrogen-bond acceptors (Lipinski definition) is 1. The van der Waals surface area contributed by atoms with E-state index in [-0.39, 0.29) is 10.8 Å². The molecule has 0 radical (unpaired) electrons. The molecular weight excluding hydrogens is 487 g/mol. The molecule has 0 aliphatic rings. The first-order valence-electron chi connectivity index (χ1n) is 8.02. The third-order valence-corrected chi connectivity index (χ3v) is 6.79. The summed E-state index contributed by atoms with van der Waals surface area (Å²) < 4.78 is 7.91. The predicted octanol–water partition coefficient (Wildman–Crippen LogP) is 7.79. The highest BCUT2D eigenvalue weighted by Crippen LogP contribution is 2.33. The van der Waals surface area contributed by atoms with Crippen molar-refractivity contribution in [3.63, 3.8) is 0 Å². The molecule has 136 valence electrons. The standard InChI is InChI=1S/C20H22Br2Cl2O/c1-19(2,13-5-7-15(21)17(23)9-13)11-25-12-20(3,4)14-6-8-16(22)18(24)10-14/h5-10H,11-12H2,1-4H3. The van der Waals surface area contributed by atoms with E-state index in [2.05, 4.69) is 71.7 Å². The lowest BCUT2D eigenvalue weighted by atomic mass is 9.84. The van der Waals surface area contributed by atoms with Crippen molar-refractivity contribution in [1.82, 2.24) is 0 Å². The fourth-order valence-electron chi connectivity index (χ4n) is 2.56. The summed E-state index contributed by atoms with van der Waals surface area (Å²) in [6, 6.07) is 12.1. The summed E-state index contributed by atoms with van der Waals surface area (Å²) in [6.07, 6.45) is 0. The van der Waals surface area contributed by atoms with Crippen LogP contribution in [0.3, 0.4) is 0 Å². The van der Waals surface area contributed by atoms with E-state index in [1.807, 2.05) is 24.3 Å². The van der Waals surface area contributed by atoms with Crippen LogP contribution in [0.15, 0.2) is 45.3 Å². The van der Waals surface area contributed by atoms with Gasteiger partial charge in [-0.25, -0.2) is 0 Å². The lowest BCUT2D eigenvalue weighted by Crippen LogP contribution is -2.30. The van der Waals surface area contributed by atoms with Gasteiger partial charge < -0.3 is 4.74 Å². The second kappa shape index (κ2) is 8.31. The monoisotopic (exact) mass is 506 g/mol. The van der Waals surface area contributed by atoms with Crippen LogP contribution >= 0.6 is 55.1 Å². The maximum Gasteiger partial charge on any atom is 0.0558 e. The molecule has 0 amide bonds. The molecule has 0 aromatic heterocycles. The van der Waals surface area contributed by atoms with Gasteiger partial charge in [0.15, 0.2) is 0 Å². The average molecular weight is 509 g/mol. The van der Waals surface area contributed by atoms with Gasteiger partial charge in [-0.15, -0.1) is 0 Å². The van der Waals surface area contributed by atoms with Crippen LogP contribution in [0.25, 0.3) is 0 Å². The van der Waals surface area contributed by atoms with Gasteiger partial charge >= 0.3 is 0 Å². The van der Waals surface area contributed by atoms with Crippen molar-refractivity contribution in [2.75, 3.05) is 13.2 Å². The van der Waals surface area contributed by atoms with Crippen molar-refractivity contribution in [3.05, 3.63) is 66.5 Å². The molecule has 0 heterocycles. The summed E-state index contributed by atoms with van der Waals surface area (Å²) in [5, 5.41) is 1.44. The zero-order valence-electron chi connectivity index (χ0n) is 14.8. The maximum atomic E-state index is 6.23.